The molecule has 0 aromatic carbocycles. The van der Waals surface area contributed by atoms with Gasteiger partial charge in [0.25, 0.3) is 0 Å². The van der Waals surface area contributed by atoms with Gasteiger partial charge >= 0.3 is 5.97 Å². The molecule has 1 fully saturated rings. The van der Waals surface area contributed by atoms with Gasteiger partial charge in [-0.25, -0.2) is 0 Å². The molecule has 150 valence electrons. The van der Waals surface area contributed by atoms with Crippen molar-refractivity contribution in [1.29, 1.82) is 0 Å². The highest BCUT2D eigenvalue weighted by Crippen LogP contribution is 2.31. The van der Waals surface area contributed by atoms with E-state index in [1.807, 2.05) is 19.1 Å². The Morgan fingerprint density at radius 1 is 1.36 bits per heavy atom. The van der Waals surface area contributed by atoms with E-state index in [2.05, 4.69) is 20.2 Å². The van der Waals surface area contributed by atoms with Crippen LogP contribution in [0.4, 0.5) is 5.69 Å². The van der Waals surface area contributed by atoms with Gasteiger partial charge in [-0.2, -0.15) is 0 Å². The first-order valence-corrected chi connectivity index (χ1v) is 9.53. The maximum absolute atomic E-state index is 11.9. The maximum Gasteiger partial charge on any atom is 0.303 e. The number of pyridine rings is 2. The second-order valence-electron chi connectivity index (χ2n) is 7.45. The van der Waals surface area contributed by atoms with Crippen LogP contribution in [-0.2, 0) is 9.59 Å². The van der Waals surface area contributed by atoms with Crippen LogP contribution in [0.5, 0.6) is 0 Å². The van der Waals surface area contributed by atoms with E-state index in [1.54, 1.807) is 12.4 Å². The van der Waals surface area contributed by atoms with E-state index in [9.17, 15) is 14.7 Å². The van der Waals surface area contributed by atoms with Crippen molar-refractivity contribution < 1.29 is 19.8 Å². The molecule has 3 heterocycles. The second-order valence-corrected chi connectivity index (χ2v) is 7.45. The molecule has 0 unspecified atom stereocenters. The van der Waals surface area contributed by atoms with Gasteiger partial charge in [0.1, 0.15) is 0 Å². The molecule has 1 saturated heterocycles. The van der Waals surface area contributed by atoms with Gasteiger partial charge in [-0.3, -0.25) is 19.6 Å². The number of nitrogens with one attached hydrogen (secondary N) is 1. The Morgan fingerprint density at radius 2 is 2.18 bits per heavy atom. The van der Waals surface area contributed by atoms with Gasteiger partial charge in [0, 0.05) is 61.6 Å². The number of aliphatic hydroxyl groups is 1. The van der Waals surface area contributed by atoms with Crippen LogP contribution in [0.1, 0.15) is 37.8 Å². The fourth-order valence-corrected chi connectivity index (χ4v) is 3.66. The molecule has 0 spiro atoms. The van der Waals surface area contributed by atoms with Gasteiger partial charge in [-0.1, -0.05) is 0 Å². The summed E-state index contributed by atoms with van der Waals surface area (Å²) in [6, 6.07) is 3.87. The quantitative estimate of drug-likeness (QED) is 0.662. The Morgan fingerprint density at radius 3 is 2.96 bits per heavy atom. The smallest absolute Gasteiger partial charge is 0.303 e. The van der Waals surface area contributed by atoms with E-state index in [-0.39, 0.29) is 25.3 Å². The Bertz CT molecular complexity index is 872. The number of rotatable bonds is 7. The lowest BCUT2D eigenvalue weighted by Crippen LogP contribution is -2.54. The van der Waals surface area contributed by atoms with Crippen LogP contribution in [0.25, 0.3) is 10.9 Å². The lowest BCUT2D eigenvalue weighted by atomic mass is 9.92. The molecule has 28 heavy (non-hydrogen) atoms. The van der Waals surface area contributed by atoms with Crippen LogP contribution in [0.15, 0.2) is 24.5 Å². The third-order valence-electron chi connectivity index (χ3n) is 5.02. The number of aromatic nitrogens is 2. The molecule has 0 bridgehead atoms. The Hall–Kier alpha value is -2.74. The number of hydrogen-bond donors (Lipinski definition) is 3. The summed E-state index contributed by atoms with van der Waals surface area (Å²) < 4.78 is 0. The molecule has 0 aliphatic carbocycles. The largest absolute Gasteiger partial charge is 0.481 e. The van der Waals surface area contributed by atoms with Crippen molar-refractivity contribution in [2.75, 3.05) is 24.5 Å². The predicted molar refractivity (Wildman–Crippen MR) is 105 cm³/mol. The highest BCUT2D eigenvalue weighted by molar-refractivity contribution is 5.91. The maximum atomic E-state index is 11.9. The molecule has 8 nitrogen and oxygen atoms in total. The molecular formula is C20H26N4O4. The summed E-state index contributed by atoms with van der Waals surface area (Å²) in [6.45, 7) is 3.30. The predicted octanol–water partition coefficient (Wildman–Crippen LogP) is 1.64. The zero-order chi connectivity index (χ0) is 20.1. The summed E-state index contributed by atoms with van der Waals surface area (Å²) in [5.74, 6) is -1.15. The molecule has 8 heteroatoms. The normalized spacial score (nSPS) is 19.6. The zero-order valence-electron chi connectivity index (χ0n) is 16.0. The van der Waals surface area contributed by atoms with Gasteiger partial charge in [0.2, 0.25) is 5.91 Å². The molecule has 1 amide bonds. The third kappa shape index (κ3) is 4.95. The summed E-state index contributed by atoms with van der Waals surface area (Å²) in [5, 5.41) is 23.4. The number of amides is 1. The van der Waals surface area contributed by atoms with Crippen molar-refractivity contribution in [3.8, 4) is 0 Å². The molecule has 1 aliphatic rings. The number of nitrogens with zero attached hydrogens (tertiary/aromatic N) is 3. The van der Waals surface area contributed by atoms with Crippen molar-refractivity contribution in [2.45, 2.75) is 44.6 Å². The number of carboxylic acids is 1. The van der Waals surface area contributed by atoms with E-state index in [4.69, 9.17) is 5.11 Å². The minimum absolute atomic E-state index is 0.0338. The number of anilines is 1. The van der Waals surface area contributed by atoms with E-state index in [0.717, 1.165) is 35.2 Å². The van der Waals surface area contributed by atoms with Crippen molar-refractivity contribution >= 4 is 28.5 Å². The molecule has 0 radical (unpaired) electrons. The first-order chi connectivity index (χ1) is 13.4. The van der Waals surface area contributed by atoms with Crippen LogP contribution in [-0.4, -0.2) is 57.3 Å². The van der Waals surface area contributed by atoms with Crippen molar-refractivity contribution in [2.24, 2.45) is 0 Å². The van der Waals surface area contributed by atoms with E-state index in [0.29, 0.717) is 19.4 Å². The number of piperidine rings is 1. The number of carbonyl (C=O) groups excluding carboxylic acids is 1. The first kappa shape index (κ1) is 20.0. The molecule has 0 saturated carbocycles. The number of fused-ring (bicyclic) bond motifs is 1. The lowest BCUT2D eigenvalue weighted by molar-refractivity contribution is -0.137. The fourth-order valence-electron chi connectivity index (χ4n) is 3.66. The lowest BCUT2D eigenvalue weighted by Gasteiger charge is -2.41. The minimum atomic E-state index is -1.04. The second kappa shape index (κ2) is 8.52. The standard InChI is InChI=1S/C20H26N4O4/c1-14-10-17(15-11-21-8-6-16(15)23-14)24-9-3-7-20(28,13-24)12-22-18(25)4-2-5-19(26)27/h6,8,10-11,28H,2-5,7,9,12-13H2,1H3,(H,22,25)(H,26,27)/t20-/m0/s1. The monoisotopic (exact) mass is 386 g/mol. The molecule has 1 atom stereocenters. The minimum Gasteiger partial charge on any atom is -0.481 e. The number of carbonyl (C=O) groups is 2. The number of β-amino-alcohol motifs (C(OH)–C–C–N with tert-alkyl or cyclic N) is 1. The fraction of sp³-hybridized carbons (Fsp3) is 0.500. The Balaban J connectivity index is 1.67. The zero-order valence-corrected chi connectivity index (χ0v) is 16.0. The first-order valence-electron chi connectivity index (χ1n) is 9.53. The van der Waals surface area contributed by atoms with Gasteiger partial charge in [0.05, 0.1) is 11.1 Å². The molecule has 2 aromatic heterocycles. The number of hydrogen-bond acceptors (Lipinski definition) is 6. The summed E-state index contributed by atoms with van der Waals surface area (Å²) in [5.41, 5.74) is 1.72. The number of aryl methyl sites for hydroxylation is 1. The number of carboxylic acid groups (broad SMARTS) is 1. The summed E-state index contributed by atoms with van der Waals surface area (Å²) in [7, 11) is 0. The molecule has 2 aromatic rings. The van der Waals surface area contributed by atoms with E-state index in [1.165, 1.54) is 0 Å². The molecule has 3 rings (SSSR count). The summed E-state index contributed by atoms with van der Waals surface area (Å²) >= 11 is 0. The van der Waals surface area contributed by atoms with Gasteiger partial charge < -0.3 is 20.4 Å². The van der Waals surface area contributed by atoms with Crippen molar-refractivity contribution in [3.63, 3.8) is 0 Å². The van der Waals surface area contributed by atoms with Gasteiger partial charge in [-0.05, 0) is 38.3 Å². The van der Waals surface area contributed by atoms with E-state index >= 15 is 0 Å². The SMILES string of the molecule is Cc1cc(N2CCC[C@](O)(CNC(=O)CCCC(=O)O)C2)c2cnccc2n1. The topological polar surface area (TPSA) is 116 Å². The average Bonchev–Trinajstić information content (AvgIpc) is 2.65. The summed E-state index contributed by atoms with van der Waals surface area (Å²) in [4.78, 5) is 33.3. The van der Waals surface area contributed by atoms with Crippen LogP contribution < -0.4 is 10.2 Å². The molecular weight excluding hydrogens is 360 g/mol. The van der Waals surface area contributed by atoms with Crippen LogP contribution in [0.2, 0.25) is 0 Å². The van der Waals surface area contributed by atoms with Gasteiger partial charge in [-0.15, -0.1) is 0 Å². The van der Waals surface area contributed by atoms with E-state index < -0.39 is 11.6 Å². The number of aliphatic carboxylic acids is 1. The third-order valence-corrected chi connectivity index (χ3v) is 5.02. The highest BCUT2D eigenvalue weighted by Gasteiger charge is 2.34. The molecule has 3 N–H and O–H groups in total. The van der Waals surface area contributed by atoms with Crippen molar-refractivity contribution in [1.82, 2.24) is 15.3 Å². The molecule has 1 aliphatic heterocycles. The van der Waals surface area contributed by atoms with Crippen LogP contribution >= 0.6 is 0 Å². The Labute approximate surface area is 163 Å². The van der Waals surface area contributed by atoms with Crippen LogP contribution in [0.3, 0.4) is 0 Å². The highest BCUT2D eigenvalue weighted by atomic mass is 16.4. The van der Waals surface area contributed by atoms with Crippen molar-refractivity contribution in [3.05, 3.63) is 30.2 Å². The average molecular weight is 386 g/mol. The Kier molecular flexibility index (Phi) is 6.08. The van der Waals surface area contributed by atoms with Crippen LogP contribution in [0, 0.1) is 6.92 Å². The summed E-state index contributed by atoms with van der Waals surface area (Å²) in [6.07, 6.45) is 5.30. The van der Waals surface area contributed by atoms with Gasteiger partial charge in [0.15, 0.2) is 0 Å².